The SMILES string of the molecule is CC(C)(C)c1ccc(F)cc1F.CC(C)(C)c1ccccc1.CC(C)c1ccccc1.CCC(C)(C)c1ccccc1.COc1ccccc1.FCOc1cc(OCF)cc(-c2c(-c3ccc(OCF)cc3OCF)cc(C3CCCCC3)c(-c3ccccc3)c2C2CC2)c1.c1ccc2c(c1)CCC2. The van der Waals surface area contributed by atoms with Gasteiger partial charge in [-0.1, -0.05) is 265 Å². The van der Waals surface area contributed by atoms with Crippen LogP contribution in [-0.4, -0.2) is 34.6 Å². The van der Waals surface area contributed by atoms with Crippen LogP contribution in [0, 0.1) is 11.6 Å². The topological polar surface area (TPSA) is 46.2 Å². The van der Waals surface area contributed by atoms with E-state index in [1.165, 1.54) is 84.2 Å². The molecule has 5 nitrogen and oxygen atoms in total. The number of benzene rings is 10. The van der Waals surface area contributed by atoms with Gasteiger partial charge in [0.15, 0.2) is 0 Å². The minimum atomic E-state index is -1.09. The number of methoxy groups -OCH3 is 1. The highest BCUT2D eigenvalue weighted by Crippen LogP contribution is 2.56. The Morgan fingerprint density at radius 3 is 1.37 bits per heavy atom. The molecule has 2 fully saturated rings. The van der Waals surface area contributed by atoms with E-state index >= 15 is 0 Å². The first kappa shape index (κ1) is 82.1. The number of halogens is 6. The lowest BCUT2D eigenvalue weighted by atomic mass is 9.74. The number of aryl methyl sites for hydroxylation is 2. The average molecular weight is 1420 g/mol. The third kappa shape index (κ3) is 25.3. The number of hydrogen-bond acceptors (Lipinski definition) is 5. The van der Waals surface area contributed by atoms with Gasteiger partial charge < -0.3 is 23.7 Å². The highest BCUT2D eigenvalue weighted by molar-refractivity contribution is 5.95. The maximum atomic E-state index is 13.8. The van der Waals surface area contributed by atoms with Crippen LogP contribution in [0.2, 0.25) is 0 Å². The third-order valence-corrected chi connectivity index (χ3v) is 19.0. The average Bonchev–Trinajstić information content (AvgIpc) is 1.20. The van der Waals surface area contributed by atoms with E-state index in [0.29, 0.717) is 39.4 Å². The summed E-state index contributed by atoms with van der Waals surface area (Å²) in [6, 6.07) is 76.1. The molecule has 3 aliphatic rings. The molecule has 0 spiro atoms. The van der Waals surface area contributed by atoms with Crippen LogP contribution in [0.5, 0.6) is 28.7 Å². The highest BCUT2D eigenvalue weighted by Gasteiger charge is 2.36. The molecule has 0 atom stereocenters. The molecule has 0 radical (unpaired) electrons. The summed E-state index contributed by atoms with van der Waals surface area (Å²) >= 11 is 0. The summed E-state index contributed by atoms with van der Waals surface area (Å²) in [5.74, 6) is 1.90. The Morgan fingerprint density at radius 2 is 0.913 bits per heavy atom. The minimum absolute atomic E-state index is 0.190. The second kappa shape index (κ2) is 41.3. The summed E-state index contributed by atoms with van der Waals surface area (Å²) in [6.45, 7) is 19.3. The van der Waals surface area contributed by atoms with Gasteiger partial charge in [-0.3, -0.25) is 0 Å². The molecule has 10 aromatic carbocycles. The van der Waals surface area contributed by atoms with Crippen molar-refractivity contribution in [3.63, 3.8) is 0 Å². The number of alkyl halides is 4. The van der Waals surface area contributed by atoms with Crippen LogP contribution in [0.25, 0.3) is 33.4 Å². The van der Waals surface area contributed by atoms with Crippen molar-refractivity contribution in [1.29, 1.82) is 0 Å². The number of para-hydroxylation sites is 1. The molecule has 0 saturated heterocycles. The number of rotatable bonds is 17. The molecule has 0 heterocycles. The molecular weight excluding hydrogens is 1310 g/mol. The summed E-state index contributed by atoms with van der Waals surface area (Å²) in [7, 11) is 1.66. The third-order valence-electron chi connectivity index (χ3n) is 19.0. The summed E-state index contributed by atoms with van der Waals surface area (Å²) in [5.41, 5.74) is 15.7. The second-order valence-corrected chi connectivity index (χ2v) is 29.3. The quantitative estimate of drug-likeness (QED) is 0.0850. The zero-order valence-corrected chi connectivity index (χ0v) is 63.2. The molecule has 0 bridgehead atoms. The Morgan fingerprint density at radius 1 is 0.413 bits per heavy atom. The maximum Gasteiger partial charge on any atom is 0.228 e. The van der Waals surface area contributed by atoms with E-state index in [-0.39, 0.29) is 34.3 Å². The summed E-state index contributed by atoms with van der Waals surface area (Å²) in [5, 5.41) is 0. The molecule has 0 aliphatic heterocycles. The molecule has 10 aromatic rings. The van der Waals surface area contributed by atoms with Gasteiger partial charge in [-0.15, -0.1) is 0 Å². The van der Waals surface area contributed by atoms with Gasteiger partial charge in [0.1, 0.15) is 40.4 Å². The molecule has 0 unspecified atom stereocenters. The van der Waals surface area contributed by atoms with Crippen molar-refractivity contribution >= 4 is 0 Å². The zero-order valence-electron chi connectivity index (χ0n) is 63.2. The lowest BCUT2D eigenvalue weighted by Gasteiger charge is -2.30. The molecule has 3 aliphatic carbocycles. The smallest absolute Gasteiger partial charge is 0.228 e. The Balaban J connectivity index is 0.000000204. The molecule has 2 saturated carbocycles. The van der Waals surface area contributed by atoms with Gasteiger partial charge in [0.2, 0.25) is 27.4 Å². The predicted molar refractivity (Wildman–Crippen MR) is 419 cm³/mol. The Bertz CT molecular complexity index is 4060. The van der Waals surface area contributed by atoms with Gasteiger partial charge >= 0.3 is 0 Å². The first-order chi connectivity index (χ1) is 50.0. The first-order valence-electron chi connectivity index (χ1n) is 36.6. The van der Waals surface area contributed by atoms with E-state index in [2.05, 4.69) is 183 Å². The van der Waals surface area contributed by atoms with Gasteiger partial charge in [0.05, 0.1) is 7.11 Å². The summed E-state index contributed by atoms with van der Waals surface area (Å²) in [6.07, 6.45) is 12.7. The Hall–Kier alpha value is -9.22. The zero-order chi connectivity index (χ0) is 75.1. The van der Waals surface area contributed by atoms with Crippen molar-refractivity contribution in [2.45, 2.75) is 181 Å². The van der Waals surface area contributed by atoms with Crippen LogP contribution >= 0.6 is 0 Å². The molecule has 552 valence electrons. The second-order valence-electron chi connectivity index (χ2n) is 29.3. The van der Waals surface area contributed by atoms with Crippen LogP contribution in [-0.2, 0) is 29.1 Å². The molecule has 0 aromatic heterocycles. The molecule has 0 amide bonds. The van der Waals surface area contributed by atoms with Gasteiger partial charge in [0, 0.05) is 23.8 Å². The predicted octanol–water partition coefficient (Wildman–Crippen LogP) is 27.1. The van der Waals surface area contributed by atoms with Crippen molar-refractivity contribution in [1.82, 2.24) is 0 Å². The Labute approximate surface area is 617 Å². The van der Waals surface area contributed by atoms with Crippen molar-refractivity contribution in [3.05, 3.63) is 293 Å². The van der Waals surface area contributed by atoms with Crippen molar-refractivity contribution in [3.8, 4) is 62.1 Å². The lowest BCUT2D eigenvalue weighted by Crippen LogP contribution is -2.14. The fourth-order valence-corrected chi connectivity index (χ4v) is 12.8. The van der Waals surface area contributed by atoms with Crippen molar-refractivity contribution < 1.29 is 50.0 Å². The van der Waals surface area contributed by atoms with Gasteiger partial charge in [-0.05, 0) is 206 Å². The van der Waals surface area contributed by atoms with E-state index < -0.39 is 39.1 Å². The standard InChI is InChI=1S/C37H36F4O4.C11H16.C10H12F2.C10H14.C9H10.C9H12.C7H8O/c38-20-42-28-13-14-31(34(18-28)45-23-41)33-19-32(24-7-3-1-4-8-24)35(25-9-5-2-6-10-25)37(26-11-12-26)36(33)27-15-29(43-21-39)17-30(16-27)44-22-40;1-4-11(2,3)10-8-6-5-7-9-10;1-10(2,3)8-5-4-7(11)6-9(8)12;1-10(2,3)9-7-5-4-6-8-9;1-2-5-9-7-3-6-8(9)4-1;1-8(2)9-6-4-3-5-7-9;1-8-7-5-3-2-4-6-7/h2,5-6,9-10,13-19,24,26H,1,3-4,7-8,11-12,20-23H2;5-9H,4H2,1-3H3;4-6H,1-3H3;4-8H,1-3H3;1-2,4-5H,3,6-7H2;3-8H,1-2H3;2-6H,1H3. The van der Waals surface area contributed by atoms with Crippen LogP contribution in [0.3, 0.4) is 0 Å². The minimum Gasteiger partial charge on any atom is -0.497 e. The normalized spacial score (nSPS) is 13.1. The lowest BCUT2D eigenvalue weighted by molar-refractivity contribution is 0.181. The maximum absolute atomic E-state index is 13.8. The molecule has 0 N–H and O–H groups in total. The van der Waals surface area contributed by atoms with Crippen molar-refractivity contribution in [2.75, 3.05) is 34.6 Å². The Kier molecular flexibility index (Phi) is 32.6. The number of ether oxygens (including phenoxy) is 5. The monoisotopic (exact) mass is 1420 g/mol. The molecule has 104 heavy (non-hydrogen) atoms. The van der Waals surface area contributed by atoms with Crippen LogP contribution in [0.4, 0.5) is 26.3 Å². The van der Waals surface area contributed by atoms with Crippen LogP contribution in [0.1, 0.15) is 196 Å². The van der Waals surface area contributed by atoms with E-state index in [1.807, 2.05) is 75.4 Å². The van der Waals surface area contributed by atoms with E-state index in [1.54, 1.807) is 42.5 Å². The summed E-state index contributed by atoms with van der Waals surface area (Å²) < 4.78 is 105. The first-order valence-corrected chi connectivity index (χ1v) is 36.6. The van der Waals surface area contributed by atoms with Crippen LogP contribution < -0.4 is 23.7 Å². The fraction of sp³-hybridized carbons (Fsp3) is 0.355. The fourth-order valence-electron chi connectivity index (χ4n) is 12.8. The molecule has 13 rings (SSSR count). The van der Waals surface area contributed by atoms with E-state index in [4.69, 9.17) is 23.7 Å². The largest absolute Gasteiger partial charge is 0.497 e. The highest BCUT2D eigenvalue weighted by atomic mass is 19.2. The van der Waals surface area contributed by atoms with Crippen molar-refractivity contribution in [2.24, 2.45) is 0 Å². The number of hydrogen-bond donors (Lipinski definition) is 0. The van der Waals surface area contributed by atoms with Crippen LogP contribution in [0.15, 0.2) is 237 Å². The molecular formula is C93H108F6O5. The summed E-state index contributed by atoms with van der Waals surface area (Å²) in [4.78, 5) is 0. The van der Waals surface area contributed by atoms with E-state index in [0.717, 1.165) is 72.6 Å². The number of fused-ring (bicyclic) bond motifs is 1. The molecule has 11 heteroatoms. The van der Waals surface area contributed by atoms with E-state index in [9.17, 15) is 26.3 Å². The van der Waals surface area contributed by atoms with Gasteiger partial charge in [0.25, 0.3) is 0 Å². The van der Waals surface area contributed by atoms with Gasteiger partial charge in [-0.25, -0.2) is 26.3 Å². The van der Waals surface area contributed by atoms with Gasteiger partial charge in [-0.2, -0.15) is 0 Å².